The number of hydrogen-bond donors (Lipinski definition) is 0. The Morgan fingerprint density at radius 1 is 1.75 bits per heavy atom. The number of ether oxygens (including phenoxy) is 1. The normalized spacial score (nSPS) is 7.62. The fourth-order valence-corrected chi connectivity index (χ4v) is 0.125. The first-order chi connectivity index (χ1) is 3.68. The zero-order valence-electron chi connectivity index (χ0n) is 4.43. The van der Waals surface area contributed by atoms with Gasteiger partial charge in [-0.05, 0) is 6.92 Å². The highest BCUT2D eigenvalue weighted by molar-refractivity contribution is 5.90. The summed E-state index contributed by atoms with van der Waals surface area (Å²) >= 11 is 0. The lowest BCUT2D eigenvalue weighted by molar-refractivity contribution is -0.131. The van der Waals surface area contributed by atoms with Crippen LogP contribution in [0.25, 0.3) is 0 Å². The van der Waals surface area contributed by atoms with Gasteiger partial charge in [-0.1, -0.05) is 6.58 Å². The third-order valence-electron chi connectivity index (χ3n) is 0.483. The zero-order valence-corrected chi connectivity index (χ0v) is 4.43. The molecule has 0 aliphatic rings. The van der Waals surface area contributed by atoms with Gasteiger partial charge in [-0.25, -0.2) is 9.59 Å². The van der Waals surface area contributed by atoms with Gasteiger partial charge < -0.3 is 4.74 Å². The molecule has 0 atom stereocenters. The molecule has 0 aromatic rings. The molecule has 0 unspecified atom stereocenters. The van der Waals surface area contributed by atoms with E-state index in [1.54, 1.807) is 0 Å². The molecule has 1 radical (unpaired) electrons. The number of carbonyl (C=O) groups excluding carboxylic acids is 2. The van der Waals surface area contributed by atoms with Crippen LogP contribution in [0, 0.1) is 0 Å². The molecule has 0 saturated carbocycles. The maximum Gasteiger partial charge on any atom is 0.425 e. The van der Waals surface area contributed by atoms with E-state index >= 15 is 0 Å². The largest absolute Gasteiger partial charge is 0.425 e. The van der Waals surface area contributed by atoms with Crippen LogP contribution in [-0.4, -0.2) is 12.4 Å². The second-order valence-electron chi connectivity index (χ2n) is 1.25. The molecule has 3 nitrogen and oxygen atoms in total. The first kappa shape index (κ1) is 6.88. The van der Waals surface area contributed by atoms with Crippen molar-refractivity contribution in [2.45, 2.75) is 6.92 Å². The predicted molar refractivity (Wildman–Crippen MR) is 26.6 cm³/mol. The molecule has 0 aliphatic carbocycles. The van der Waals surface area contributed by atoms with Gasteiger partial charge >= 0.3 is 12.4 Å². The minimum absolute atomic E-state index is 0.188. The molecule has 0 amide bonds. The molecule has 0 rings (SSSR count). The molecular weight excluding hydrogens is 108 g/mol. The number of hydrogen-bond acceptors (Lipinski definition) is 3. The first-order valence-corrected chi connectivity index (χ1v) is 1.92. The van der Waals surface area contributed by atoms with Crippen molar-refractivity contribution in [1.29, 1.82) is 0 Å². The van der Waals surface area contributed by atoms with Crippen molar-refractivity contribution in [2.75, 3.05) is 0 Å². The topological polar surface area (TPSA) is 43.4 Å². The van der Waals surface area contributed by atoms with Gasteiger partial charge in [0.2, 0.25) is 0 Å². The Hall–Kier alpha value is -1.12. The molecule has 8 heavy (non-hydrogen) atoms. The van der Waals surface area contributed by atoms with E-state index in [1.165, 1.54) is 6.92 Å². The van der Waals surface area contributed by atoms with Crippen LogP contribution in [0.4, 0.5) is 0 Å². The molecule has 0 spiro atoms. The molecule has 3 heteroatoms. The van der Waals surface area contributed by atoms with Crippen LogP contribution in [0.2, 0.25) is 0 Å². The Morgan fingerprint density at radius 2 is 2.25 bits per heavy atom. The fraction of sp³-hybridized carbons (Fsp3) is 0.200. The minimum atomic E-state index is -0.736. The highest BCUT2D eigenvalue weighted by atomic mass is 16.6. The van der Waals surface area contributed by atoms with E-state index in [1.807, 2.05) is 0 Å². The first-order valence-electron chi connectivity index (χ1n) is 1.92. The van der Waals surface area contributed by atoms with Crippen LogP contribution in [-0.2, 0) is 14.3 Å². The average molecular weight is 113 g/mol. The molecule has 43 valence electrons. The van der Waals surface area contributed by atoms with Crippen molar-refractivity contribution in [1.82, 2.24) is 0 Å². The molecule has 0 N–H and O–H groups in total. The minimum Gasteiger partial charge on any atom is -0.381 e. The van der Waals surface area contributed by atoms with Crippen molar-refractivity contribution in [3.05, 3.63) is 12.2 Å². The van der Waals surface area contributed by atoms with Gasteiger partial charge in [0, 0.05) is 5.57 Å². The predicted octanol–water partition coefficient (Wildman–Crippen LogP) is 0.173. The molecule has 0 heterocycles. The summed E-state index contributed by atoms with van der Waals surface area (Å²) in [6.45, 7) is 5.65. The molecule has 0 saturated heterocycles. The van der Waals surface area contributed by atoms with E-state index < -0.39 is 5.97 Å². The lowest BCUT2D eigenvalue weighted by Gasteiger charge is -1.88. The summed E-state index contributed by atoms with van der Waals surface area (Å²) in [6.07, 6.45) is 0. The van der Waals surface area contributed by atoms with E-state index in [0.717, 1.165) is 6.47 Å². The summed E-state index contributed by atoms with van der Waals surface area (Å²) in [5.74, 6) is -0.736. The molecule has 0 fully saturated rings. The summed E-state index contributed by atoms with van der Waals surface area (Å²) in [7, 11) is 0. The maximum absolute atomic E-state index is 10.2. The molecule has 0 aliphatic heterocycles. The number of esters is 1. The smallest absolute Gasteiger partial charge is 0.381 e. The van der Waals surface area contributed by atoms with Gasteiger partial charge in [0.05, 0.1) is 0 Å². The summed E-state index contributed by atoms with van der Waals surface area (Å²) in [4.78, 5) is 19.5. The van der Waals surface area contributed by atoms with Gasteiger partial charge in [0.15, 0.2) is 0 Å². The SMILES string of the molecule is C=C(C)C(=O)O[C]=O. The van der Waals surface area contributed by atoms with E-state index in [9.17, 15) is 9.59 Å². The lowest BCUT2D eigenvalue weighted by Crippen LogP contribution is -2.01. The third kappa shape index (κ3) is 2.12. The Kier molecular flexibility index (Phi) is 2.54. The Labute approximate surface area is 46.9 Å². The van der Waals surface area contributed by atoms with Crippen LogP contribution in [0.1, 0.15) is 6.92 Å². The van der Waals surface area contributed by atoms with Crippen LogP contribution in [0.5, 0.6) is 0 Å². The third-order valence-corrected chi connectivity index (χ3v) is 0.483. The highest BCUT2D eigenvalue weighted by Gasteiger charge is 1.99. The quantitative estimate of drug-likeness (QED) is 0.291. The van der Waals surface area contributed by atoms with Crippen LogP contribution >= 0.6 is 0 Å². The molecule has 0 aromatic carbocycles. The van der Waals surface area contributed by atoms with Gasteiger partial charge in [-0.15, -0.1) is 0 Å². The van der Waals surface area contributed by atoms with Gasteiger partial charge in [0.25, 0.3) is 0 Å². The monoisotopic (exact) mass is 113 g/mol. The van der Waals surface area contributed by atoms with E-state index in [4.69, 9.17) is 0 Å². The van der Waals surface area contributed by atoms with Gasteiger partial charge in [-0.3, -0.25) is 0 Å². The number of carbonyl (C=O) groups is 1. The highest BCUT2D eigenvalue weighted by Crippen LogP contribution is 1.87. The number of rotatable bonds is 2. The van der Waals surface area contributed by atoms with Crippen molar-refractivity contribution in [2.24, 2.45) is 0 Å². The van der Waals surface area contributed by atoms with Crippen LogP contribution in [0.15, 0.2) is 12.2 Å². The maximum atomic E-state index is 10.2. The molecule has 0 aromatic heterocycles. The Balaban J connectivity index is 3.65. The van der Waals surface area contributed by atoms with E-state index in [0.29, 0.717) is 0 Å². The second-order valence-corrected chi connectivity index (χ2v) is 1.25. The fourth-order valence-electron chi connectivity index (χ4n) is 0.125. The lowest BCUT2D eigenvalue weighted by atomic mass is 10.4. The zero-order chi connectivity index (χ0) is 6.57. The van der Waals surface area contributed by atoms with E-state index in [-0.39, 0.29) is 5.57 Å². The average Bonchev–Trinajstić information content (AvgIpc) is 1.67. The Bertz CT molecular complexity index is 126. The Morgan fingerprint density at radius 3 is 2.38 bits per heavy atom. The van der Waals surface area contributed by atoms with Crippen molar-refractivity contribution in [3.8, 4) is 0 Å². The molecule has 0 bridgehead atoms. The summed E-state index contributed by atoms with van der Waals surface area (Å²) in [5.41, 5.74) is 0.188. The van der Waals surface area contributed by atoms with Crippen molar-refractivity contribution in [3.63, 3.8) is 0 Å². The van der Waals surface area contributed by atoms with Crippen LogP contribution in [0.3, 0.4) is 0 Å². The van der Waals surface area contributed by atoms with E-state index in [2.05, 4.69) is 11.3 Å². The van der Waals surface area contributed by atoms with Crippen molar-refractivity contribution >= 4 is 12.4 Å². The standard InChI is InChI=1S/C5H5O3/c1-4(2)5(7)8-3-6/h1H2,2H3. The summed E-state index contributed by atoms with van der Waals surface area (Å²) in [6, 6.07) is 0. The van der Waals surface area contributed by atoms with Gasteiger partial charge in [0.1, 0.15) is 0 Å². The van der Waals surface area contributed by atoms with Gasteiger partial charge in [-0.2, -0.15) is 0 Å². The molecular formula is C5H5O3. The summed E-state index contributed by atoms with van der Waals surface area (Å²) in [5, 5.41) is 0. The van der Waals surface area contributed by atoms with Crippen molar-refractivity contribution < 1.29 is 14.3 Å². The van der Waals surface area contributed by atoms with Crippen LogP contribution < -0.4 is 0 Å². The summed E-state index contributed by atoms with van der Waals surface area (Å²) < 4.78 is 3.76. The second kappa shape index (κ2) is 2.96.